The molecular formula is C15H28O2. The summed E-state index contributed by atoms with van der Waals surface area (Å²) in [6.45, 7) is 7.90. The first kappa shape index (κ1) is 14.7. The number of carbonyl (C=O) groups is 1. The van der Waals surface area contributed by atoms with Gasteiger partial charge in [-0.05, 0) is 43.4 Å². The van der Waals surface area contributed by atoms with Gasteiger partial charge in [0, 0.05) is 13.0 Å². The van der Waals surface area contributed by atoms with Crippen molar-refractivity contribution >= 4 is 6.29 Å². The summed E-state index contributed by atoms with van der Waals surface area (Å²) < 4.78 is 5.98. The largest absolute Gasteiger partial charge is 0.378 e. The third-order valence-electron chi connectivity index (χ3n) is 3.67. The first-order chi connectivity index (χ1) is 8.03. The molecule has 2 nitrogen and oxygen atoms in total. The van der Waals surface area contributed by atoms with Crippen molar-refractivity contribution in [2.24, 2.45) is 11.3 Å². The van der Waals surface area contributed by atoms with E-state index in [1.807, 2.05) is 0 Å². The molecule has 0 aromatic heterocycles. The number of aldehydes is 1. The van der Waals surface area contributed by atoms with Crippen LogP contribution >= 0.6 is 0 Å². The Balaban J connectivity index is 2.12. The number of unbranched alkanes of at least 4 members (excludes halogenated alkanes) is 3. The van der Waals surface area contributed by atoms with Crippen LogP contribution in [0.2, 0.25) is 0 Å². The van der Waals surface area contributed by atoms with Gasteiger partial charge < -0.3 is 9.53 Å². The number of rotatable bonds is 7. The third kappa shape index (κ3) is 6.21. The maximum Gasteiger partial charge on any atom is 0.119 e. The van der Waals surface area contributed by atoms with Crippen molar-refractivity contribution in [3.05, 3.63) is 0 Å². The molecular weight excluding hydrogens is 212 g/mol. The molecule has 1 saturated carbocycles. The van der Waals surface area contributed by atoms with E-state index in [2.05, 4.69) is 20.8 Å². The van der Waals surface area contributed by atoms with Gasteiger partial charge in [0.2, 0.25) is 0 Å². The predicted octanol–water partition coefficient (Wildman–Crippen LogP) is 3.98. The Kier molecular flexibility index (Phi) is 6.18. The Morgan fingerprint density at radius 3 is 2.65 bits per heavy atom. The molecule has 0 spiro atoms. The van der Waals surface area contributed by atoms with Crippen LogP contribution in [0.3, 0.4) is 0 Å². The zero-order valence-corrected chi connectivity index (χ0v) is 11.7. The summed E-state index contributed by atoms with van der Waals surface area (Å²) in [4.78, 5) is 10.2. The third-order valence-corrected chi connectivity index (χ3v) is 3.67. The van der Waals surface area contributed by atoms with Crippen LogP contribution in [-0.2, 0) is 9.53 Å². The second-order valence-corrected chi connectivity index (χ2v) is 6.42. The number of hydrogen-bond donors (Lipinski definition) is 0. The lowest BCUT2D eigenvalue weighted by molar-refractivity contribution is -0.108. The molecule has 1 aliphatic rings. The highest BCUT2D eigenvalue weighted by Gasteiger charge is 2.32. The highest BCUT2D eigenvalue weighted by Crippen LogP contribution is 2.39. The fourth-order valence-electron chi connectivity index (χ4n) is 3.14. The zero-order chi connectivity index (χ0) is 12.7. The summed E-state index contributed by atoms with van der Waals surface area (Å²) in [7, 11) is 0. The maximum absolute atomic E-state index is 10.2. The topological polar surface area (TPSA) is 26.3 Å². The normalized spacial score (nSPS) is 27.9. The van der Waals surface area contributed by atoms with Gasteiger partial charge in [-0.3, -0.25) is 0 Å². The number of ether oxygens (including phenoxy) is 1. The van der Waals surface area contributed by atoms with Crippen LogP contribution in [0.25, 0.3) is 0 Å². The monoisotopic (exact) mass is 240 g/mol. The van der Waals surface area contributed by atoms with E-state index in [-0.39, 0.29) is 0 Å². The highest BCUT2D eigenvalue weighted by atomic mass is 16.5. The van der Waals surface area contributed by atoms with Crippen molar-refractivity contribution in [1.82, 2.24) is 0 Å². The van der Waals surface area contributed by atoms with E-state index in [0.29, 0.717) is 17.9 Å². The maximum atomic E-state index is 10.2. The van der Waals surface area contributed by atoms with Crippen LogP contribution in [0.1, 0.15) is 65.7 Å². The first-order valence-electron chi connectivity index (χ1n) is 7.09. The lowest BCUT2D eigenvalue weighted by atomic mass is 9.71. The second kappa shape index (κ2) is 7.15. The predicted molar refractivity (Wildman–Crippen MR) is 71.1 cm³/mol. The average molecular weight is 240 g/mol. The Labute approximate surface area is 106 Å². The van der Waals surface area contributed by atoms with E-state index in [1.54, 1.807) is 0 Å². The molecule has 1 rings (SSSR count). The standard InChI is InChI=1S/C15H28O2/c1-13-10-14(12-15(2,3)11-13)17-9-7-5-4-6-8-16/h8,13-14H,4-7,9-12H2,1-3H3/t13-,14+/m0/s1. The molecule has 0 radical (unpaired) electrons. The van der Waals surface area contributed by atoms with Crippen molar-refractivity contribution in [2.45, 2.75) is 71.8 Å². The molecule has 2 heteroatoms. The van der Waals surface area contributed by atoms with Gasteiger partial charge in [-0.25, -0.2) is 0 Å². The Morgan fingerprint density at radius 1 is 1.24 bits per heavy atom. The fourth-order valence-corrected chi connectivity index (χ4v) is 3.14. The first-order valence-corrected chi connectivity index (χ1v) is 7.09. The summed E-state index contributed by atoms with van der Waals surface area (Å²) in [5, 5.41) is 0. The summed E-state index contributed by atoms with van der Waals surface area (Å²) >= 11 is 0. The molecule has 0 amide bonds. The van der Waals surface area contributed by atoms with Crippen molar-refractivity contribution in [2.75, 3.05) is 6.61 Å². The van der Waals surface area contributed by atoms with E-state index in [9.17, 15) is 4.79 Å². The minimum atomic E-state index is 0.444. The van der Waals surface area contributed by atoms with Gasteiger partial charge in [0.15, 0.2) is 0 Å². The Morgan fingerprint density at radius 2 is 2.00 bits per heavy atom. The van der Waals surface area contributed by atoms with Crippen molar-refractivity contribution in [1.29, 1.82) is 0 Å². The Bertz CT molecular complexity index is 223. The molecule has 0 bridgehead atoms. The Hall–Kier alpha value is -0.370. The van der Waals surface area contributed by atoms with Gasteiger partial charge in [-0.1, -0.05) is 27.2 Å². The molecule has 1 fully saturated rings. The molecule has 2 atom stereocenters. The molecule has 0 aromatic rings. The lowest BCUT2D eigenvalue weighted by Crippen LogP contribution is -2.32. The summed E-state index contributed by atoms with van der Waals surface area (Å²) in [5.41, 5.74) is 0.444. The summed E-state index contributed by atoms with van der Waals surface area (Å²) in [5.74, 6) is 0.791. The molecule has 17 heavy (non-hydrogen) atoms. The van der Waals surface area contributed by atoms with E-state index in [1.165, 1.54) is 19.3 Å². The van der Waals surface area contributed by atoms with E-state index in [0.717, 1.165) is 38.1 Å². The van der Waals surface area contributed by atoms with E-state index < -0.39 is 0 Å². The molecule has 100 valence electrons. The summed E-state index contributed by atoms with van der Waals surface area (Å²) in [6, 6.07) is 0. The van der Waals surface area contributed by atoms with Crippen LogP contribution in [0.5, 0.6) is 0 Å². The van der Waals surface area contributed by atoms with Gasteiger partial charge in [-0.2, -0.15) is 0 Å². The molecule has 0 heterocycles. The molecule has 0 aliphatic heterocycles. The van der Waals surface area contributed by atoms with Crippen molar-refractivity contribution in [3.63, 3.8) is 0 Å². The second-order valence-electron chi connectivity index (χ2n) is 6.42. The van der Waals surface area contributed by atoms with Gasteiger partial charge in [0.05, 0.1) is 6.10 Å². The van der Waals surface area contributed by atoms with E-state index in [4.69, 9.17) is 4.74 Å². The fraction of sp³-hybridized carbons (Fsp3) is 0.933. The molecule has 0 unspecified atom stereocenters. The highest BCUT2D eigenvalue weighted by molar-refractivity contribution is 5.48. The van der Waals surface area contributed by atoms with Crippen LogP contribution in [0.4, 0.5) is 0 Å². The van der Waals surface area contributed by atoms with Crippen LogP contribution in [0, 0.1) is 11.3 Å². The quantitative estimate of drug-likeness (QED) is 0.497. The van der Waals surface area contributed by atoms with Crippen LogP contribution in [0.15, 0.2) is 0 Å². The smallest absolute Gasteiger partial charge is 0.119 e. The van der Waals surface area contributed by atoms with Gasteiger partial charge in [0.1, 0.15) is 6.29 Å². The van der Waals surface area contributed by atoms with Gasteiger partial charge >= 0.3 is 0 Å². The van der Waals surface area contributed by atoms with Crippen molar-refractivity contribution in [3.8, 4) is 0 Å². The molecule has 0 aromatic carbocycles. The number of hydrogen-bond acceptors (Lipinski definition) is 2. The van der Waals surface area contributed by atoms with Crippen molar-refractivity contribution < 1.29 is 9.53 Å². The molecule has 0 N–H and O–H groups in total. The number of carbonyl (C=O) groups excluding carboxylic acids is 1. The zero-order valence-electron chi connectivity index (χ0n) is 11.7. The average Bonchev–Trinajstić information content (AvgIpc) is 2.20. The summed E-state index contributed by atoms with van der Waals surface area (Å²) in [6.07, 6.45) is 9.14. The SMILES string of the molecule is C[C@H]1C[C@@H](OCCCCCC=O)CC(C)(C)C1. The van der Waals surface area contributed by atoms with E-state index >= 15 is 0 Å². The minimum Gasteiger partial charge on any atom is -0.378 e. The molecule has 0 saturated heterocycles. The van der Waals surface area contributed by atoms with Gasteiger partial charge in [0.25, 0.3) is 0 Å². The van der Waals surface area contributed by atoms with Crippen LogP contribution in [-0.4, -0.2) is 19.0 Å². The lowest BCUT2D eigenvalue weighted by Gasteiger charge is -2.38. The minimum absolute atomic E-state index is 0.444. The van der Waals surface area contributed by atoms with Gasteiger partial charge in [-0.15, -0.1) is 0 Å². The van der Waals surface area contributed by atoms with Crippen LogP contribution < -0.4 is 0 Å². The molecule has 1 aliphatic carbocycles.